The molecule has 5 nitrogen and oxygen atoms in total. The summed E-state index contributed by atoms with van der Waals surface area (Å²) in [5, 5.41) is 24.1. The summed E-state index contributed by atoms with van der Waals surface area (Å²) in [6.07, 6.45) is 0. The van der Waals surface area contributed by atoms with Crippen molar-refractivity contribution < 1.29 is 10.0 Å². The smallest absolute Gasteiger partial charge is 0.293 e. The van der Waals surface area contributed by atoms with Crippen LogP contribution in [0.5, 0.6) is 0 Å². The Morgan fingerprint density at radius 2 is 1.89 bits per heavy atom. The van der Waals surface area contributed by atoms with Crippen molar-refractivity contribution in [2.45, 2.75) is 38.8 Å². The minimum Gasteiger partial charge on any atom is -0.388 e. The van der Waals surface area contributed by atoms with Crippen LogP contribution in [-0.4, -0.2) is 21.2 Å². The van der Waals surface area contributed by atoms with Crippen molar-refractivity contribution in [1.29, 1.82) is 0 Å². The highest BCUT2D eigenvalue weighted by molar-refractivity contribution is 14.1. The third-order valence-corrected chi connectivity index (χ3v) is 3.80. The number of nitro groups is 1. The molecule has 0 radical (unpaired) electrons. The van der Waals surface area contributed by atoms with E-state index in [0.717, 1.165) is 3.57 Å². The average molecular weight is 364 g/mol. The summed E-state index contributed by atoms with van der Waals surface area (Å²) in [7, 11) is 0. The predicted molar refractivity (Wildman–Crippen MR) is 79.8 cm³/mol. The highest BCUT2D eigenvalue weighted by Crippen LogP contribution is 2.32. The molecule has 0 aromatic heterocycles. The molecule has 6 heteroatoms. The number of rotatable bonds is 4. The SMILES string of the molecule is CC(C)(O)C(C)(C)Nc1ccc(I)cc1[N+](=O)[O-]. The van der Waals surface area contributed by atoms with Gasteiger partial charge in [0, 0.05) is 9.64 Å². The molecule has 0 fully saturated rings. The highest BCUT2D eigenvalue weighted by Gasteiger charge is 2.36. The molecule has 0 aliphatic rings. The Hall–Kier alpha value is -0.890. The second kappa shape index (κ2) is 5.00. The zero-order valence-electron chi connectivity index (χ0n) is 10.8. The maximum absolute atomic E-state index is 11.0. The molecule has 2 N–H and O–H groups in total. The van der Waals surface area contributed by atoms with Crippen LogP contribution in [0.2, 0.25) is 0 Å². The van der Waals surface area contributed by atoms with Gasteiger partial charge in [0.15, 0.2) is 0 Å². The van der Waals surface area contributed by atoms with E-state index in [1.165, 1.54) is 6.07 Å². The maximum Gasteiger partial charge on any atom is 0.293 e. The standard InChI is InChI=1S/C12H17IN2O3/c1-11(2,12(3,4)16)14-9-6-5-8(13)7-10(9)15(17)18/h5-7,14,16H,1-4H3. The lowest BCUT2D eigenvalue weighted by molar-refractivity contribution is -0.384. The lowest BCUT2D eigenvalue weighted by atomic mass is 9.85. The molecule has 1 aromatic carbocycles. The van der Waals surface area contributed by atoms with Crippen LogP contribution >= 0.6 is 22.6 Å². The first-order valence-corrected chi connectivity index (χ1v) is 6.57. The van der Waals surface area contributed by atoms with Gasteiger partial charge in [0.05, 0.1) is 16.1 Å². The molecular weight excluding hydrogens is 347 g/mol. The lowest BCUT2D eigenvalue weighted by Crippen LogP contribution is -2.51. The van der Waals surface area contributed by atoms with E-state index in [2.05, 4.69) is 5.32 Å². The van der Waals surface area contributed by atoms with E-state index in [1.54, 1.807) is 39.8 Å². The fourth-order valence-corrected chi connectivity index (χ4v) is 1.73. The zero-order chi connectivity index (χ0) is 14.1. The molecule has 0 spiro atoms. The molecule has 0 aliphatic heterocycles. The van der Waals surface area contributed by atoms with Crippen LogP contribution in [0.1, 0.15) is 27.7 Å². The Morgan fingerprint density at radius 1 is 1.33 bits per heavy atom. The molecule has 0 saturated carbocycles. The van der Waals surface area contributed by atoms with Crippen LogP contribution in [0.4, 0.5) is 11.4 Å². The second-order valence-corrected chi connectivity index (χ2v) is 6.47. The Kier molecular flexibility index (Phi) is 4.22. The van der Waals surface area contributed by atoms with Gasteiger partial charge in [-0.15, -0.1) is 0 Å². The molecule has 18 heavy (non-hydrogen) atoms. The molecule has 1 rings (SSSR count). The first-order chi connectivity index (χ1) is 8.04. The molecule has 0 amide bonds. The van der Waals surface area contributed by atoms with Crippen molar-refractivity contribution in [2.24, 2.45) is 0 Å². The molecule has 0 unspecified atom stereocenters. The molecule has 0 bridgehead atoms. The summed E-state index contributed by atoms with van der Waals surface area (Å²) in [5.41, 5.74) is -1.28. The van der Waals surface area contributed by atoms with Crippen molar-refractivity contribution in [3.63, 3.8) is 0 Å². The highest BCUT2D eigenvalue weighted by atomic mass is 127. The van der Waals surface area contributed by atoms with Gasteiger partial charge >= 0.3 is 0 Å². The van der Waals surface area contributed by atoms with Crippen molar-refractivity contribution >= 4 is 34.0 Å². The van der Waals surface area contributed by atoms with Crippen LogP contribution in [0.25, 0.3) is 0 Å². The second-order valence-electron chi connectivity index (χ2n) is 5.23. The fourth-order valence-electron chi connectivity index (χ4n) is 1.25. The first kappa shape index (κ1) is 15.2. The number of nitro benzene ring substituents is 1. The van der Waals surface area contributed by atoms with E-state index in [4.69, 9.17) is 0 Å². The normalized spacial score (nSPS) is 12.3. The Labute approximate surface area is 120 Å². The number of nitrogens with zero attached hydrogens (tertiary/aromatic N) is 1. The van der Waals surface area contributed by atoms with E-state index in [1.807, 2.05) is 22.6 Å². The number of benzene rings is 1. The summed E-state index contributed by atoms with van der Waals surface area (Å²) in [5.74, 6) is 0. The summed E-state index contributed by atoms with van der Waals surface area (Å²) >= 11 is 2.03. The van der Waals surface area contributed by atoms with E-state index >= 15 is 0 Å². The molecule has 100 valence electrons. The molecule has 0 heterocycles. The lowest BCUT2D eigenvalue weighted by Gasteiger charge is -2.38. The van der Waals surface area contributed by atoms with Crippen molar-refractivity contribution in [2.75, 3.05) is 5.32 Å². The van der Waals surface area contributed by atoms with Crippen molar-refractivity contribution in [3.8, 4) is 0 Å². The topological polar surface area (TPSA) is 75.4 Å². The summed E-state index contributed by atoms with van der Waals surface area (Å²) in [6, 6.07) is 4.95. The van der Waals surface area contributed by atoms with Gasteiger partial charge in [-0.05, 0) is 62.4 Å². The molecule has 0 atom stereocenters. The average Bonchev–Trinajstić information content (AvgIpc) is 2.18. The number of hydrogen-bond acceptors (Lipinski definition) is 4. The van der Waals surface area contributed by atoms with Gasteiger partial charge < -0.3 is 10.4 Å². The summed E-state index contributed by atoms with van der Waals surface area (Å²) in [6.45, 7) is 6.93. The number of nitrogens with one attached hydrogen (secondary N) is 1. The minimum absolute atomic E-state index is 0.0132. The van der Waals surface area contributed by atoms with Crippen molar-refractivity contribution in [1.82, 2.24) is 0 Å². The Morgan fingerprint density at radius 3 is 2.33 bits per heavy atom. The van der Waals surface area contributed by atoms with Crippen LogP contribution < -0.4 is 5.32 Å². The largest absolute Gasteiger partial charge is 0.388 e. The van der Waals surface area contributed by atoms with E-state index in [0.29, 0.717) is 5.69 Å². The molecule has 0 aliphatic carbocycles. The zero-order valence-corrected chi connectivity index (χ0v) is 13.0. The van der Waals surface area contributed by atoms with Gasteiger partial charge in [0.25, 0.3) is 5.69 Å². The van der Waals surface area contributed by atoms with E-state index < -0.39 is 16.1 Å². The van der Waals surface area contributed by atoms with Crippen LogP contribution in [0, 0.1) is 13.7 Å². The fraction of sp³-hybridized carbons (Fsp3) is 0.500. The monoisotopic (exact) mass is 364 g/mol. The molecular formula is C12H17IN2O3. The van der Waals surface area contributed by atoms with Crippen LogP contribution in [-0.2, 0) is 0 Å². The maximum atomic E-state index is 11.0. The van der Waals surface area contributed by atoms with Gasteiger partial charge in [-0.3, -0.25) is 10.1 Å². The van der Waals surface area contributed by atoms with Gasteiger partial charge in [0.2, 0.25) is 0 Å². The van der Waals surface area contributed by atoms with Gasteiger partial charge in [-0.1, -0.05) is 0 Å². The Bertz CT molecular complexity index is 467. The minimum atomic E-state index is -1.01. The van der Waals surface area contributed by atoms with Gasteiger partial charge in [-0.25, -0.2) is 0 Å². The molecule has 1 aromatic rings. The van der Waals surface area contributed by atoms with E-state index in [-0.39, 0.29) is 5.69 Å². The quantitative estimate of drug-likeness (QED) is 0.489. The van der Waals surface area contributed by atoms with Gasteiger partial charge in [0.1, 0.15) is 5.69 Å². The summed E-state index contributed by atoms with van der Waals surface area (Å²) in [4.78, 5) is 10.6. The first-order valence-electron chi connectivity index (χ1n) is 5.49. The Balaban J connectivity index is 3.16. The number of anilines is 1. The van der Waals surface area contributed by atoms with Crippen LogP contribution in [0.3, 0.4) is 0 Å². The summed E-state index contributed by atoms with van der Waals surface area (Å²) < 4.78 is 0.797. The van der Waals surface area contributed by atoms with Crippen LogP contribution in [0.15, 0.2) is 18.2 Å². The van der Waals surface area contributed by atoms with Crippen molar-refractivity contribution in [3.05, 3.63) is 31.9 Å². The predicted octanol–water partition coefficient (Wildman–Crippen LogP) is 3.16. The third-order valence-electron chi connectivity index (χ3n) is 3.13. The number of aliphatic hydroxyl groups is 1. The number of hydrogen-bond donors (Lipinski definition) is 2. The molecule has 0 saturated heterocycles. The third kappa shape index (κ3) is 3.32. The van der Waals surface area contributed by atoms with Gasteiger partial charge in [-0.2, -0.15) is 0 Å². The number of halogens is 1. The van der Waals surface area contributed by atoms with E-state index in [9.17, 15) is 15.2 Å².